The summed E-state index contributed by atoms with van der Waals surface area (Å²) in [5, 5.41) is 2.49. The molecule has 0 bridgehead atoms. The summed E-state index contributed by atoms with van der Waals surface area (Å²) in [7, 11) is 0. The molecule has 1 aliphatic heterocycles. The number of aliphatic imine (C=N–C) groups is 1. The Morgan fingerprint density at radius 2 is 1.75 bits per heavy atom. The molecule has 0 saturated carbocycles. The second-order valence-corrected chi connectivity index (χ2v) is 10.1. The van der Waals surface area contributed by atoms with Crippen molar-refractivity contribution >= 4 is 17.5 Å². The Balaban J connectivity index is 0.00000363. The minimum Gasteiger partial charge on any atom is -0.351 e. The molecule has 1 aromatic carbocycles. The Labute approximate surface area is 234 Å². The van der Waals surface area contributed by atoms with Crippen LogP contribution in [0, 0.1) is 24.5 Å². The van der Waals surface area contributed by atoms with Crippen LogP contribution in [0.2, 0.25) is 0 Å². The summed E-state index contributed by atoms with van der Waals surface area (Å²) in [4.78, 5) is 30.2. The fourth-order valence-electron chi connectivity index (χ4n) is 3.81. The second-order valence-electron chi connectivity index (χ2n) is 10.1. The van der Waals surface area contributed by atoms with Gasteiger partial charge in [-0.3, -0.25) is 14.6 Å². The van der Waals surface area contributed by atoms with Crippen LogP contribution in [0.3, 0.4) is 0 Å². The number of nitrogens with zero attached hydrogens (tertiary/aromatic N) is 2. The van der Waals surface area contributed by atoms with Gasteiger partial charge in [-0.05, 0) is 76.3 Å². The molecule has 224 valence electrons. The van der Waals surface area contributed by atoms with E-state index in [0.29, 0.717) is 18.4 Å². The molecule has 0 radical (unpaired) electrons. The summed E-state index contributed by atoms with van der Waals surface area (Å²) in [5.41, 5.74) is 4.76. The molecular weight excluding hydrogens is 531 g/mol. The van der Waals surface area contributed by atoms with E-state index >= 15 is 0 Å². The molecule has 0 fully saturated rings. The minimum absolute atomic E-state index is 0.0375. The first-order chi connectivity index (χ1) is 18.5. The molecule has 40 heavy (non-hydrogen) atoms. The average Bonchev–Trinajstić information content (AvgIpc) is 3.03. The van der Waals surface area contributed by atoms with Crippen molar-refractivity contribution in [1.82, 2.24) is 10.2 Å². The molecule has 1 heterocycles. The zero-order chi connectivity index (χ0) is 31.3. The predicted molar refractivity (Wildman–Crippen MR) is 148 cm³/mol. The number of hydrogen-bond acceptors (Lipinski definition) is 4. The Kier molecular flexibility index (Phi) is 15.4. The lowest BCUT2D eigenvalue weighted by molar-refractivity contribution is -0.131. The summed E-state index contributed by atoms with van der Waals surface area (Å²) < 4.78 is 68.4. The van der Waals surface area contributed by atoms with Gasteiger partial charge in [-0.25, -0.2) is 8.78 Å². The van der Waals surface area contributed by atoms with Crippen LogP contribution in [0.1, 0.15) is 72.8 Å². The highest BCUT2D eigenvalue weighted by Crippen LogP contribution is 2.25. The quantitative estimate of drug-likeness (QED) is 0.250. The maximum absolute atomic E-state index is 13.9. The van der Waals surface area contributed by atoms with Crippen molar-refractivity contribution in [2.75, 3.05) is 13.1 Å². The number of hydrogen-bond donors (Lipinski definition) is 2. The largest absolute Gasteiger partial charge is 0.430 e. The van der Waals surface area contributed by atoms with Gasteiger partial charge in [-0.2, -0.15) is 13.2 Å². The monoisotopic (exact) mass is 572 g/mol. The van der Waals surface area contributed by atoms with Gasteiger partial charge < -0.3 is 16.0 Å². The molecular formula is C29H41F5N4O2. The fourth-order valence-corrected chi connectivity index (χ4v) is 3.81. The van der Waals surface area contributed by atoms with Crippen molar-refractivity contribution in [3.63, 3.8) is 0 Å². The van der Waals surface area contributed by atoms with Gasteiger partial charge in [0.15, 0.2) is 0 Å². The summed E-state index contributed by atoms with van der Waals surface area (Å²) >= 11 is 0. The van der Waals surface area contributed by atoms with Gasteiger partial charge >= 0.3 is 6.18 Å². The number of nitrogens with one attached hydrogen (secondary N) is 1. The molecule has 6 nitrogen and oxygen atoms in total. The summed E-state index contributed by atoms with van der Waals surface area (Å²) in [6.07, 6.45) is 2.88. The van der Waals surface area contributed by atoms with Crippen LogP contribution in [0.15, 0.2) is 34.5 Å². The smallest absolute Gasteiger partial charge is 0.351 e. The summed E-state index contributed by atoms with van der Waals surface area (Å²) in [6.45, 7) is 10.7. The van der Waals surface area contributed by atoms with Crippen LogP contribution in [-0.4, -0.2) is 53.3 Å². The number of benzene rings is 1. The van der Waals surface area contributed by atoms with Crippen molar-refractivity contribution in [3.8, 4) is 12.8 Å². The molecule has 1 aliphatic rings. The van der Waals surface area contributed by atoms with E-state index in [0.717, 1.165) is 18.2 Å². The zero-order valence-corrected chi connectivity index (χ0v) is 24.1. The molecule has 0 unspecified atom stereocenters. The number of rotatable bonds is 7. The average molecular weight is 573 g/mol. The first-order valence-corrected chi connectivity index (χ1v) is 13.0. The summed E-state index contributed by atoms with van der Waals surface area (Å²) in [6, 6.07) is 2.15. The van der Waals surface area contributed by atoms with Crippen LogP contribution in [-0.2, 0) is 16.0 Å². The number of nitrogens with two attached hydrogens (primary N) is 1. The number of carbonyl (C=O) groups is 2. The highest BCUT2D eigenvalue weighted by atomic mass is 19.4. The number of amides is 2. The van der Waals surface area contributed by atoms with Gasteiger partial charge in [0.1, 0.15) is 17.3 Å². The van der Waals surface area contributed by atoms with E-state index in [2.05, 4.69) is 23.2 Å². The molecule has 1 aromatic rings. The third-order valence-corrected chi connectivity index (χ3v) is 5.53. The van der Waals surface area contributed by atoms with E-state index in [1.54, 1.807) is 27.7 Å². The lowest BCUT2D eigenvalue weighted by Gasteiger charge is -2.24. The SMILES string of the molecule is C#C.CC.CC1=C(N=C(CC(=O)NC(C)(C)C)C(F)(F)F)CN(C(=O)C[C@H](N)Cc2cc(F)ccc2F)CCC1. The number of allylic oxidation sites excluding steroid dienone is 1. The highest BCUT2D eigenvalue weighted by molar-refractivity contribution is 6.04. The van der Waals surface area contributed by atoms with Gasteiger partial charge in [0, 0.05) is 24.5 Å². The van der Waals surface area contributed by atoms with Gasteiger partial charge in [-0.15, -0.1) is 12.8 Å². The molecule has 0 spiro atoms. The Morgan fingerprint density at radius 3 is 2.30 bits per heavy atom. The molecule has 0 saturated heterocycles. The maximum atomic E-state index is 13.9. The lowest BCUT2D eigenvalue weighted by Crippen LogP contribution is -2.43. The van der Waals surface area contributed by atoms with E-state index in [9.17, 15) is 31.5 Å². The van der Waals surface area contributed by atoms with E-state index in [-0.39, 0.29) is 37.2 Å². The minimum atomic E-state index is -4.83. The molecule has 3 N–H and O–H groups in total. The van der Waals surface area contributed by atoms with E-state index < -0.39 is 53.3 Å². The number of carbonyl (C=O) groups excluding carboxylic acids is 2. The van der Waals surface area contributed by atoms with Crippen LogP contribution in [0.4, 0.5) is 22.0 Å². The summed E-state index contributed by atoms with van der Waals surface area (Å²) in [5.74, 6) is -2.51. The molecule has 2 rings (SSSR count). The van der Waals surface area contributed by atoms with Crippen molar-refractivity contribution in [2.45, 2.75) is 91.4 Å². The zero-order valence-electron chi connectivity index (χ0n) is 24.1. The molecule has 1 atom stereocenters. The lowest BCUT2D eigenvalue weighted by atomic mass is 10.0. The standard InChI is InChI=1S/C25H33F5N4O2.C2H6.C2H2/c1-15-6-5-9-34(23(36)12-18(31)11-16-10-17(26)7-8-19(16)27)14-20(15)32-21(25(28,29)30)13-22(35)33-24(2,3)4;2*1-2/h7-8,10,18H,5-6,9,11-14,31H2,1-4H3,(H,33,35);1-2H3;1-2H/t18-;;/m1../s1. The number of halogens is 5. The molecule has 11 heteroatoms. The van der Waals surface area contributed by atoms with Crippen molar-refractivity contribution in [1.29, 1.82) is 0 Å². The third kappa shape index (κ3) is 13.2. The second kappa shape index (κ2) is 16.8. The molecule has 2 amide bonds. The third-order valence-electron chi connectivity index (χ3n) is 5.53. The van der Waals surface area contributed by atoms with E-state index in [1.165, 1.54) is 4.90 Å². The van der Waals surface area contributed by atoms with Crippen LogP contribution in [0.5, 0.6) is 0 Å². The first-order valence-electron chi connectivity index (χ1n) is 13.0. The van der Waals surface area contributed by atoms with Crippen molar-refractivity contribution in [3.05, 3.63) is 46.7 Å². The number of alkyl halides is 3. The highest BCUT2D eigenvalue weighted by Gasteiger charge is 2.38. The molecule has 0 aliphatic carbocycles. The van der Waals surface area contributed by atoms with Crippen LogP contribution < -0.4 is 11.1 Å². The Hall–Kier alpha value is -3.26. The van der Waals surface area contributed by atoms with Crippen molar-refractivity contribution in [2.24, 2.45) is 10.7 Å². The van der Waals surface area contributed by atoms with Crippen LogP contribution >= 0.6 is 0 Å². The molecule has 0 aromatic heterocycles. The normalized spacial score (nSPS) is 15.2. The van der Waals surface area contributed by atoms with Gasteiger partial charge in [0.25, 0.3) is 0 Å². The predicted octanol–water partition coefficient (Wildman–Crippen LogP) is 5.70. The Bertz CT molecular complexity index is 1070. The van der Waals surface area contributed by atoms with Gasteiger partial charge in [0.2, 0.25) is 11.8 Å². The Morgan fingerprint density at radius 1 is 1.15 bits per heavy atom. The van der Waals surface area contributed by atoms with Gasteiger partial charge in [-0.1, -0.05) is 13.8 Å². The van der Waals surface area contributed by atoms with E-state index in [1.807, 2.05) is 13.8 Å². The van der Waals surface area contributed by atoms with Gasteiger partial charge in [0.05, 0.1) is 18.7 Å². The fraction of sp³-hybridized carbons (Fsp3) is 0.552. The first kappa shape index (κ1) is 36.7. The van der Waals surface area contributed by atoms with Crippen LogP contribution in [0.25, 0.3) is 0 Å². The maximum Gasteiger partial charge on any atom is 0.430 e. The van der Waals surface area contributed by atoms with E-state index in [4.69, 9.17) is 5.73 Å². The number of terminal acetylenes is 1. The van der Waals surface area contributed by atoms with Crippen molar-refractivity contribution < 1.29 is 31.5 Å². The topological polar surface area (TPSA) is 87.8 Å².